The Morgan fingerprint density at radius 2 is 1.80 bits per heavy atom. The van der Waals surface area contributed by atoms with E-state index < -0.39 is 0 Å². The van der Waals surface area contributed by atoms with Crippen LogP contribution in [0.2, 0.25) is 0 Å². The Morgan fingerprint density at radius 1 is 1.10 bits per heavy atom. The number of aromatic nitrogens is 2. The van der Waals surface area contributed by atoms with Crippen molar-refractivity contribution < 1.29 is 4.39 Å². The normalized spacial score (nSPS) is 11.2. The van der Waals surface area contributed by atoms with E-state index in [9.17, 15) is 9.18 Å². The number of imidazole rings is 1. The highest BCUT2D eigenvalue weighted by Gasteiger charge is 2.11. The first kappa shape index (κ1) is 12.7. The summed E-state index contributed by atoms with van der Waals surface area (Å²) in [5.74, 6) is -0.279. The summed E-state index contributed by atoms with van der Waals surface area (Å²) in [5.41, 5.74) is 3.46. The minimum Gasteiger partial charge on any atom is -0.295 e. The molecule has 0 saturated heterocycles. The highest BCUT2D eigenvalue weighted by atomic mass is 19.1. The second-order valence-corrected chi connectivity index (χ2v) is 4.99. The van der Waals surface area contributed by atoms with Gasteiger partial charge >= 0.3 is 5.69 Å². The van der Waals surface area contributed by atoms with Crippen LogP contribution in [0.15, 0.2) is 47.3 Å². The SMILES string of the molecule is Cc1ccc(F)cc1Cn1c(=O)n(C)c2ccccc21. The van der Waals surface area contributed by atoms with E-state index in [0.29, 0.717) is 6.54 Å². The zero-order chi connectivity index (χ0) is 14.3. The number of nitrogens with zero attached hydrogens (tertiary/aromatic N) is 2. The van der Waals surface area contributed by atoms with E-state index in [2.05, 4.69) is 0 Å². The third-order valence-electron chi connectivity index (χ3n) is 3.69. The summed E-state index contributed by atoms with van der Waals surface area (Å²) in [7, 11) is 1.75. The Morgan fingerprint density at radius 3 is 2.55 bits per heavy atom. The second-order valence-electron chi connectivity index (χ2n) is 4.99. The lowest BCUT2D eigenvalue weighted by molar-refractivity contribution is 0.622. The Bertz CT molecular complexity index is 845. The Balaban J connectivity index is 2.18. The minimum atomic E-state index is -0.279. The standard InChI is InChI=1S/C16H15FN2O/c1-11-7-8-13(17)9-12(11)10-19-15-6-4-3-5-14(15)18(2)16(19)20/h3-9H,10H2,1-2H3. The van der Waals surface area contributed by atoms with Gasteiger partial charge < -0.3 is 0 Å². The van der Waals surface area contributed by atoms with Crippen molar-refractivity contribution in [2.75, 3.05) is 0 Å². The fourth-order valence-electron chi connectivity index (χ4n) is 2.50. The lowest BCUT2D eigenvalue weighted by atomic mass is 10.1. The summed E-state index contributed by atoms with van der Waals surface area (Å²) < 4.78 is 16.7. The van der Waals surface area contributed by atoms with Crippen LogP contribution in [-0.2, 0) is 13.6 Å². The van der Waals surface area contributed by atoms with Crippen molar-refractivity contribution in [3.8, 4) is 0 Å². The molecule has 0 aliphatic carbocycles. The van der Waals surface area contributed by atoms with Gasteiger partial charge in [0.1, 0.15) is 5.82 Å². The van der Waals surface area contributed by atoms with Gasteiger partial charge in [0, 0.05) is 7.05 Å². The molecule has 0 amide bonds. The summed E-state index contributed by atoms with van der Waals surface area (Å²) in [4.78, 5) is 12.3. The molecule has 0 aliphatic rings. The lowest BCUT2D eigenvalue weighted by Crippen LogP contribution is -2.23. The molecule has 2 aromatic carbocycles. The molecule has 0 fully saturated rings. The quantitative estimate of drug-likeness (QED) is 0.703. The van der Waals surface area contributed by atoms with Gasteiger partial charge in [0.15, 0.2) is 0 Å². The smallest absolute Gasteiger partial charge is 0.295 e. The topological polar surface area (TPSA) is 26.9 Å². The summed E-state index contributed by atoms with van der Waals surface area (Å²) >= 11 is 0. The van der Waals surface area contributed by atoms with Crippen LogP contribution in [0.25, 0.3) is 11.0 Å². The fourth-order valence-corrected chi connectivity index (χ4v) is 2.50. The number of benzene rings is 2. The molecule has 3 rings (SSSR count). The molecule has 0 saturated carbocycles. The number of fused-ring (bicyclic) bond motifs is 1. The van der Waals surface area contributed by atoms with Crippen LogP contribution in [0, 0.1) is 12.7 Å². The van der Waals surface area contributed by atoms with Crippen LogP contribution in [0.5, 0.6) is 0 Å². The van der Waals surface area contributed by atoms with Gasteiger partial charge in [-0.2, -0.15) is 0 Å². The predicted octanol–water partition coefficient (Wildman–Crippen LogP) is 2.84. The predicted molar refractivity (Wildman–Crippen MR) is 77.4 cm³/mol. The maximum Gasteiger partial charge on any atom is 0.329 e. The molecule has 0 bridgehead atoms. The number of hydrogen-bond donors (Lipinski definition) is 0. The third-order valence-corrected chi connectivity index (χ3v) is 3.69. The van der Waals surface area contributed by atoms with Crippen LogP contribution in [0.3, 0.4) is 0 Å². The highest BCUT2D eigenvalue weighted by molar-refractivity contribution is 5.76. The Hall–Kier alpha value is -2.36. The van der Waals surface area contributed by atoms with Crippen LogP contribution < -0.4 is 5.69 Å². The van der Waals surface area contributed by atoms with E-state index in [4.69, 9.17) is 0 Å². The van der Waals surface area contributed by atoms with E-state index in [1.165, 1.54) is 12.1 Å². The number of hydrogen-bond acceptors (Lipinski definition) is 1. The van der Waals surface area contributed by atoms with E-state index in [0.717, 1.165) is 22.2 Å². The largest absolute Gasteiger partial charge is 0.329 e. The number of halogens is 1. The van der Waals surface area contributed by atoms with Gasteiger partial charge in [-0.05, 0) is 42.3 Å². The first-order valence-corrected chi connectivity index (χ1v) is 6.47. The molecule has 1 heterocycles. The molecule has 102 valence electrons. The molecular formula is C16H15FN2O. The number of aryl methyl sites for hydroxylation is 2. The Labute approximate surface area is 115 Å². The zero-order valence-corrected chi connectivity index (χ0v) is 11.4. The summed E-state index contributed by atoms with van der Waals surface area (Å²) in [6.45, 7) is 2.30. The molecule has 1 aromatic heterocycles. The van der Waals surface area contributed by atoms with Crippen molar-refractivity contribution in [1.82, 2.24) is 9.13 Å². The molecule has 0 atom stereocenters. The second kappa shape index (κ2) is 4.63. The van der Waals surface area contributed by atoms with Gasteiger partial charge in [-0.3, -0.25) is 9.13 Å². The number of rotatable bonds is 2. The molecule has 0 unspecified atom stereocenters. The van der Waals surface area contributed by atoms with Crippen molar-refractivity contribution in [2.45, 2.75) is 13.5 Å². The van der Waals surface area contributed by atoms with E-state index in [1.54, 1.807) is 22.2 Å². The molecule has 0 aliphatic heterocycles. The van der Waals surface area contributed by atoms with Crippen LogP contribution in [0.1, 0.15) is 11.1 Å². The van der Waals surface area contributed by atoms with E-state index in [1.807, 2.05) is 31.2 Å². The fraction of sp³-hybridized carbons (Fsp3) is 0.188. The molecule has 4 heteroatoms. The highest BCUT2D eigenvalue weighted by Crippen LogP contribution is 2.16. The average Bonchev–Trinajstić information content (AvgIpc) is 2.68. The first-order valence-electron chi connectivity index (χ1n) is 6.47. The van der Waals surface area contributed by atoms with Crippen molar-refractivity contribution in [3.05, 3.63) is 69.9 Å². The monoisotopic (exact) mass is 270 g/mol. The molecule has 0 N–H and O–H groups in total. The van der Waals surface area contributed by atoms with Crippen molar-refractivity contribution in [1.29, 1.82) is 0 Å². The van der Waals surface area contributed by atoms with Crippen LogP contribution in [0.4, 0.5) is 4.39 Å². The number of para-hydroxylation sites is 2. The molecule has 3 aromatic rings. The van der Waals surface area contributed by atoms with Crippen molar-refractivity contribution >= 4 is 11.0 Å². The summed E-state index contributed by atoms with van der Waals surface area (Å²) in [5, 5.41) is 0. The van der Waals surface area contributed by atoms with Crippen LogP contribution in [-0.4, -0.2) is 9.13 Å². The average molecular weight is 270 g/mol. The van der Waals surface area contributed by atoms with Gasteiger partial charge in [0.2, 0.25) is 0 Å². The van der Waals surface area contributed by atoms with Gasteiger partial charge in [0.05, 0.1) is 17.6 Å². The molecular weight excluding hydrogens is 255 g/mol. The zero-order valence-electron chi connectivity index (χ0n) is 11.4. The summed E-state index contributed by atoms with van der Waals surface area (Å²) in [6, 6.07) is 12.3. The summed E-state index contributed by atoms with van der Waals surface area (Å²) in [6.07, 6.45) is 0. The molecule has 0 spiro atoms. The van der Waals surface area contributed by atoms with Gasteiger partial charge in [-0.15, -0.1) is 0 Å². The van der Waals surface area contributed by atoms with Gasteiger partial charge in [0.25, 0.3) is 0 Å². The van der Waals surface area contributed by atoms with Crippen molar-refractivity contribution in [2.24, 2.45) is 7.05 Å². The minimum absolute atomic E-state index is 0.0881. The third kappa shape index (κ3) is 1.93. The maximum atomic E-state index is 13.4. The van der Waals surface area contributed by atoms with E-state index >= 15 is 0 Å². The van der Waals surface area contributed by atoms with Gasteiger partial charge in [-0.25, -0.2) is 9.18 Å². The first-order chi connectivity index (χ1) is 9.58. The van der Waals surface area contributed by atoms with Crippen molar-refractivity contribution in [3.63, 3.8) is 0 Å². The lowest BCUT2D eigenvalue weighted by Gasteiger charge is -2.07. The van der Waals surface area contributed by atoms with Gasteiger partial charge in [-0.1, -0.05) is 18.2 Å². The molecule has 20 heavy (non-hydrogen) atoms. The van der Waals surface area contributed by atoms with E-state index in [-0.39, 0.29) is 11.5 Å². The van der Waals surface area contributed by atoms with Crippen LogP contribution >= 0.6 is 0 Å². The molecule has 3 nitrogen and oxygen atoms in total. The Kier molecular flexibility index (Phi) is 2.93. The maximum absolute atomic E-state index is 13.4. The molecule has 0 radical (unpaired) electrons.